The van der Waals surface area contributed by atoms with Crippen LogP contribution in [-0.4, -0.2) is 43.2 Å². The number of H-pyrrole nitrogens is 1. The molecule has 1 atom stereocenters. The minimum absolute atomic E-state index is 0.128. The summed E-state index contributed by atoms with van der Waals surface area (Å²) in [6, 6.07) is 8.47. The van der Waals surface area contributed by atoms with Crippen molar-refractivity contribution < 1.29 is 14.2 Å². The summed E-state index contributed by atoms with van der Waals surface area (Å²) in [6.45, 7) is 3.78. The first-order valence-corrected chi connectivity index (χ1v) is 8.00. The number of hydrogen-bond acceptors (Lipinski definition) is 4. The molecule has 1 spiro atoms. The lowest BCUT2D eigenvalue weighted by Crippen LogP contribution is -2.39. The fourth-order valence-corrected chi connectivity index (χ4v) is 3.33. The Labute approximate surface area is 129 Å². The van der Waals surface area contributed by atoms with Crippen LogP contribution in [0.15, 0.2) is 30.5 Å². The van der Waals surface area contributed by atoms with E-state index in [0.717, 1.165) is 39.1 Å². The summed E-state index contributed by atoms with van der Waals surface area (Å²) >= 11 is 0. The minimum Gasteiger partial charge on any atom is -0.381 e. The van der Waals surface area contributed by atoms with Gasteiger partial charge in [-0.05, 0) is 17.7 Å². The SMILES string of the molecule is c1cc(CNCC2COC3(CCOCC3)O2)c2cc[nH]c2c1. The van der Waals surface area contributed by atoms with Crippen LogP contribution < -0.4 is 5.32 Å². The van der Waals surface area contributed by atoms with Crippen molar-refractivity contribution in [1.82, 2.24) is 10.3 Å². The zero-order chi connectivity index (χ0) is 14.8. The molecule has 5 nitrogen and oxygen atoms in total. The molecular formula is C17H22N2O3. The van der Waals surface area contributed by atoms with Gasteiger partial charge in [0.2, 0.25) is 0 Å². The number of nitrogens with one attached hydrogen (secondary N) is 2. The molecule has 22 heavy (non-hydrogen) atoms. The second-order valence-corrected chi connectivity index (χ2v) is 6.06. The molecule has 2 aliphatic heterocycles. The van der Waals surface area contributed by atoms with E-state index in [0.29, 0.717) is 6.61 Å². The average molecular weight is 302 g/mol. The van der Waals surface area contributed by atoms with E-state index in [2.05, 4.69) is 34.6 Å². The molecule has 2 aromatic rings. The fourth-order valence-electron chi connectivity index (χ4n) is 3.33. The van der Waals surface area contributed by atoms with Crippen LogP contribution in [0.1, 0.15) is 18.4 Å². The molecule has 1 aromatic carbocycles. The Morgan fingerprint density at radius 1 is 1.23 bits per heavy atom. The van der Waals surface area contributed by atoms with E-state index in [9.17, 15) is 0 Å². The van der Waals surface area contributed by atoms with E-state index >= 15 is 0 Å². The zero-order valence-corrected chi connectivity index (χ0v) is 12.6. The first kappa shape index (κ1) is 14.2. The maximum atomic E-state index is 6.13. The lowest BCUT2D eigenvalue weighted by Gasteiger charge is -2.31. The largest absolute Gasteiger partial charge is 0.381 e. The summed E-state index contributed by atoms with van der Waals surface area (Å²) in [5.74, 6) is -0.384. The summed E-state index contributed by atoms with van der Waals surface area (Å²) < 4.78 is 17.4. The Morgan fingerprint density at radius 2 is 2.14 bits per heavy atom. The molecule has 0 radical (unpaired) electrons. The number of rotatable bonds is 4. The van der Waals surface area contributed by atoms with Gasteiger partial charge < -0.3 is 24.5 Å². The van der Waals surface area contributed by atoms with Gasteiger partial charge in [-0.3, -0.25) is 0 Å². The molecule has 118 valence electrons. The van der Waals surface area contributed by atoms with E-state index in [1.54, 1.807) is 0 Å². The van der Waals surface area contributed by atoms with E-state index < -0.39 is 0 Å². The van der Waals surface area contributed by atoms with E-state index in [-0.39, 0.29) is 11.9 Å². The third-order valence-electron chi connectivity index (χ3n) is 4.54. The highest BCUT2D eigenvalue weighted by atomic mass is 16.7. The second-order valence-electron chi connectivity index (χ2n) is 6.06. The van der Waals surface area contributed by atoms with Crippen molar-refractivity contribution >= 4 is 10.9 Å². The lowest BCUT2D eigenvalue weighted by atomic mass is 10.1. The van der Waals surface area contributed by atoms with Gasteiger partial charge in [0.1, 0.15) is 0 Å². The topological polar surface area (TPSA) is 55.5 Å². The normalized spacial score (nSPS) is 24.3. The number of ether oxygens (including phenoxy) is 3. The smallest absolute Gasteiger partial charge is 0.173 e. The Kier molecular flexibility index (Phi) is 3.88. The molecule has 1 unspecified atom stereocenters. The van der Waals surface area contributed by atoms with Crippen molar-refractivity contribution in [1.29, 1.82) is 0 Å². The molecule has 1 aromatic heterocycles. The molecule has 0 aliphatic carbocycles. The number of aromatic nitrogens is 1. The molecule has 2 saturated heterocycles. The molecule has 0 amide bonds. The highest BCUT2D eigenvalue weighted by Crippen LogP contribution is 2.33. The highest BCUT2D eigenvalue weighted by molar-refractivity contribution is 5.82. The fraction of sp³-hybridized carbons (Fsp3) is 0.529. The molecule has 5 heteroatoms. The molecular weight excluding hydrogens is 280 g/mol. The van der Waals surface area contributed by atoms with Gasteiger partial charge in [-0.25, -0.2) is 0 Å². The van der Waals surface area contributed by atoms with Crippen molar-refractivity contribution in [3.05, 3.63) is 36.0 Å². The van der Waals surface area contributed by atoms with Gasteiger partial charge in [-0.2, -0.15) is 0 Å². The van der Waals surface area contributed by atoms with Crippen molar-refractivity contribution in [3.8, 4) is 0 Å². The third-order valence-corrected chi connectivity index (χ3v) is 4.54. The van der Waals surface area contributed by atoms with Crippen LogP contribution in [0.25, 0.3) is 10.9 Å². The number of aromatic amines is 1. The van der Waals surface area contributed by atoms with Gasteiger partial charge in [0.15, 0.2) is 5.79 Å². The van der Waals surface area contributed by atoms with Crippen LogP contribution in [0.5, 0.6) is 0 Å². The second kappa shape index (κ2) is 6.01. The van der Waals surface area contributed by atoms with Crippen molar-refractivity contribution in [3.63, 3.8) is 0 Å². The molecule has 0 bridgehead atoms. The van der Waals surface area contributed by atoms with Crippen molar-refractivity contribution in [2.75, 3.05) is 26.4 Å². The molecule has 2 aliphatic rings. The monoisotopic (exact) mass is 302 g/mol. The molecule has 4 rings (SSSR count). The van der Waals surface area contributed by atoms with Gasteiger partial charge in [0, 0.05) is 43.0 Å². The van der Waals surface area contributed by atoms with Gasteiger partial charge in [0.25, 0.3) is 0 Å². The Balaban J connectivity index is 1.31. The molecule has 2 fully saturated rings. The standard InChI is InChI=1S/C17H22N2O3/c1-2-13(15-4-7-19-16(15)3-1)10-18-11-14-12-21-17(22-14)5-8-20-9-6-17/h1-4,7,14,18-19H,5-6,8-12H2. The quantitative estimate of drug-likeness (QED) is 0.909. The highest BCUT2D eigenvalue weighted by Gasteiger charge is 2.42. The van der Waals surface area contributed by atoms with Crippen LogP contribution in [-0.2, 0) is 20.8 Å². The number of hydrogen-bond donors (Lipinski definition) is 2. The maximum absolute atomic E-state index is 6.13. The summed E-state index contributed by atoms with van der Waals surface area (Å²) in [5.41, 5.74) is 2.49. The van der Waals surface area contributed by atoms with Crippen LogP contribution in [0, 0.1) is 0 Å². The molecule has 2 N–H and O–H groups in total. The minimum atomic E-state index is -0.384. The summed E-state index contributed by atoms with van der Waals surface area (Å²) in [4.78, 5) is 3.25. The van der Waals surface area contributed by atoms with Crippen LogP contribution in [0.2, 0.25) is 0 Å². The molecule has 3 heterocycles. The maximum Gasteiger partial charge on any atom is 0.173 e. The van der Waals surface area contributed by atoms with Crippen LogP contribution >= 0.6 is 0 Å². The van der Waals surface area contributed by atoms with Gasteiger partial charge in [-0.1, -0.05) is 12.1 Å². The third kappa shape index (κ3) is 2.77. The van der Waals surface area contributed by atoms with Gasteiger partial charge in [0.05, 0.1) is 25.9 Å². The first-order valence-electron chi connectivity index (χ1n) is 8.00. The first-order chi connectivity index (χ1) is 10.8. The number of fused-ring (bicyclic) bond motifs is 1. The number of benzene rings is 1. The summed E-state index contributed by atoms with van der Waals surface area (Å²) in [6.07, 6.45) is 3.79. The molecule has 0 saturated carbocycles. The lowest BCUT2D eigenvalue weighted by molar-refractivity contribution is -0.210. The predicted molar refractivity (Wildman–Crippen MR) is 83.6 cm³/mol. The van der Waals surface area contributed by atoms with Crippen molar-refractivity contribution in [2.24, 2.45) is 0 Å². The van der Waals surface area contributed by atoms with Crippen LogP contribution in [0.4, 0.5) is 0 Å². The van der Waals surface area contributed by atoms with E-state index in [1.807, 2.05) is 6.20 Å². The van der Waals surface area contributed by atoms with E-state index in [4.69, 9.17) is 14.2 Å². The Bertz CT molecular complexity index is 634. The average Bonchev–Trinajstić information content (AvgIpc) is 3.16. The van der Waals surface area contributed by atoms with E-state index in [1.165, 1.54) is 16.5 Å². The zero-order valence-electron chi connectivity index (χ0n) is 12.6. The van der Waals surface area contributed by atoms with Crippen molar-refractivity contribution in [2.45, 2.75) is 31.3 Å². The Hall–Kier alpha value is -1.40. The Morgan fingerprint density at radius 3 is 3.05 bits per heavy atom. The van der Waals surface area contributed by atoms with Crippen LogP contribution in [0.3, 0.4) is 0 Å². The summed E-state index contributed by atoms with van der Waals surface area (Å²) in [7, 11) is 0. The van der Waals surface area contributed by atoms with Gasteiger partial charge in [-0.15, -0.1) is 0 Å². The summed E-state index contributed by atoms with van der Waals surface area (Å²) in [5, 5.41) is 4.77. The predicted octanol–water partition coefficient (Wildman–Crippen LogP) is 2.18. The van der Waals surface area contributed by atoms with Gasteiger partial charge >= 0.3 is 0 Å².